The number of Topliss-reactive ketones (excluding diaryl/α,β-unsaturated/α-hetero) is 1. The van der Waals surface area contributed by atoms with Gasteiger partial charge in [-0.15, -0.1) is 0 Å². The number of amides is 1. The van der Waals surface area contributed by atoms with Crippen LogP contribution in [0, 0.1) is 0 Å². The molecule has 1 rings (SSSR count). The Morgan fingerprint density at radius 2 is 2.20 bits per heavy atom. The summed E-state index contributed by atoms with van der Waals surface area (Å²) < 4.78 is 4.95. The van der Waals surface area contributed by atoms with Gasteiger partial charge >= 0.3 is 6.09 Å². The molecule has 0 aliphatic carbocycles. The first-order valence-corrected chi connectivity index (χ1v) is 4.60. The first-order valence-electron chi connectivity index (χ1n) is 4.60. The molecular formula is C10H14N2O3. The molecule has 1 aliphatic rings. The minimum absolute atomic E-state index is 0.0415. The fourth-order valence-electron chi connectivity index (χ4n) is 1.06. The molecule has 0 aromatic heterocycles. The van der Waals surface area contributed by atoms with Crippen molar-refractivity contribution in [3.05, 3.63) is 11.8 Å². The van der Waals surface area contributed by atoms with E-state index in [1.165, 1.54) is 11.8 Å². The largest absolute Gasteiger partial charge is 0.445 e. The minimum atomic E-state index is -0.396. The summed E-state index contributed by atoms with van der Waals surface area (Å²) >= 11 is 0. The molecule has 5 heteroatoms. The Kier molecular flexibility index (Phi) is 3.60. The van der Waals surface area contributed by atoms with Gasteiger partial charge in [0.1, 0.15) is 6.61 Å². The molecule has 5 nitrogen and oxygen atoms in total. The van der Waals surface area contributed by atoms with Crippen molar-refractivity contribution in [3.8, 4) is 0 Å². The van der Waals surface area contributed by atoms with E-state index in [2.05, 4.69) is 4.99 Å². The lowest BCUT2D eigenvalue weighted by atomic mass is 10.1. The highest BCUT2D eigenvalue weighted by atomic mass is 16.6. The topological polar surface area (TPSA) is 59.0 Å². The second-order valence-corrected chi connectivity index (χ2v) is 3.55. The van der Waals surface area contributed by atoms with Crippen LogP contribution in [0.15, 0.2) is 16.8 Å². The predicted molar refractivity (Wildman–Crippen MR) is 55.9 cm³/mol. The van der Waals surface area contributed by atoms with Gasteiger partial charge in [-0.05, 0) is 5.57 Å². The summed E-state index contributed by atoms with van der Waals surface area (Å²) in [5.74, 6) is -0.0415. The summed E-state index contributed by atoms with van der Waals surface area (Å²) in [6.07, 6.45) is 1.67. The molecule has 1 amide bonds. The number of ether oxygens (including phenoxy) is 1. The molecule has 1 heterocycles. The van der Waals surface area contributed by atoms with E-state index in [-0.39, 0.29) is 12.4 Å². The Balaban J connectivity index is 2.34. The molecule has 0 N–H and O–H groups in total. The average Bonchev–Trinajstić information content (AvgIpc) is 2.62. The Bertz CT molecular complexity index is 343. The van der Waals surface area contributed by atoms with Crippen LogP contribution >= 0.6 is 0 Å². The van der Waals surface area contributed by atoms with E-state index in [9.17, 15) is 9.59 Å². The van der Waals surface area contributed by atoms with Crippen molar-refractivity contribution in [3.63, 3.8) is 0 Å². The maximum Gasteiger partial charge on any atom is 0.409 e. The molecule has 15 heavy (non-hydrogen) atoms. The molecule has 0 spiro atoms. The first kappa shape index (κ1) is 11.4. The zero-order valence-electron chi connectivity index (χ0n) is 9.11. The van der Waals surface area contributed by atoms with Crippen molar-refractivity contribution in [2.24, 2.45) is 4.99 Å². The third-order valence-corrected chi connectivity index (χ3v) is 1.95. The summed E-state index contributed by atoms with van der Waals surface area (Å²) in [5.41, 5.74) is 1.36. The van der Waals surface area contributed by atoms with Gasteiger partial charge in [0.15, 0.2) is 5.78 Å². The van der Waals surface area contributed by atoms with E-state index in [4.69, 9.17) is 4.74 Å². The van der Waals surface area contributed by atoms with Crippen LogP contribution in [0.1, 0.15) is 13.3 Å². The van der Waals surface area contributed by atoms with Gasteiger partial charge < -0.3 is 9.64 Å². The van der Waals surface area contributed by atoms with E-state index in [0.717, 1.165) is 5.57 Å². The van der Waals surface area contributed by atoms with E-state index >= 15 is 0 Å². The highest BCUT2D eigenvalue weighted by Gasteiger charge is 2.15. The van der Waals surface area contributed by atoms with Gasteiger partial charge in [0.2, 0.25) is 0 Å². The molecule has 0 radical (unpaired) electrons. The van der Waals surface area contributed by atoms with Crippen LogP contribution in [0.4, 0.5) is 4.79 Å². The fourth-order valence-corrected chi connectivity index (χ4v) is 1.06. The lowest BCUT2D eigenvalue weighted by molar-refractivity contribution is -0.111. The maximum absolute atomic E-state index is 11.1. The molecule has 0 aromatic rings. The summed E-state index contributed by atoms with van der Waals surface area (Å²) in [4.78, 5) is 27.3. The van der Waals surface area contributed by atoms with Gasteiger partial charge in [0, 0.05) is 33.6 Å². The zero-order chi connectivity index (χ0) is 11.4. The summed E-state index contributed by atoms with van der Waals surface area (Å²) in [7, 11) is 3.23. The number of carbonyl (C=O) groups is 2. The lowest BCUT2D eigenvalue weighted by Gasteiger charge is -2.10. The first-order chi connectivity index (χ1) is 7.00. The Hall–Kier alpha value is -1.65. The smallest absolute Gasteiger partial charge is 0.409 e. The van der Waals surface area contributed by atoms with Gasteiger partial charge in [-0.1, -0.05) is 0 Å². The monoisotopic (exact) mass is 210 g/mol. The summed E-state index contributed by atoms with van der Waals surface area (Å²) in [6, 6.07) is 0. The number of hydrogen-bond acceptors (Lipinski definition) is 4. The van der Waals surface area contributed by atoms with Crippen LogP contribution in [0.25, 0.3) is 0 Å². The normalized spacial score (nSPS) is 14.3. The van der Waals surface area contributed by atoms with Crippen molar-refractivity contribution < 1.29 is 14.3 Å². The Labute approximate surface area is 88.4 Å². The van der Waals surface area contributed by atoms with Crippen LogP contribution in [0.3, 0.4) is 0 Å². The SMILES string of the molecule is CC(=O)C1=NC=C(COC(=O)N(C)C)C1. The molecule has 0 atom stereocenters. The number of nitrogens with zero attached hydrogens (tertiary/aromatic N) is 2. The maximum atomic E-state index is 11.1. The van der Waals surface area contributed by atoms with E-state index in [0.29, 0.717) is 12.1 Å². The van der Waals surface area contributed by atoms with Gasteiger partial charge in [0.05, 0.1) is 5.71 Å². The molecule has 1 aliphatic heterocycles. The fraction of sp³-hybridized carbons (Fsp3) is 0.500. The van der Waals surface area contributed by atoms with E-state index in [1.807, 2.05) is 0 Å². The lowest BCUT2D eigenvalue weighted by Crippen LogP contribution is -2.23. The van der Waals surface area contributed by atoms with Gasteiger partial charge in [-0.3, -0.25) is 9.79 Å². The van der Waals surface area contributed by atoms with E-state index < -0.39 is 6.09 Å². The quantitative estimate of drug-likeness (QED) is 0.698. The van der Waals surface area contributed by atoms with Gasteiger partial charge in [-0.25, -0.2) is 4.79 Å². The highest BCUT2D eigenvalue weighted by molar-refractivity contribution is 6.40. The average molecular weight is 210 g/mol. The van der Waals surface area contributed by atoms with Crippen molar-refractivity contribution >= 4 is 17.6 Å². The molecule has 0 aromatic carbocycles. The molecule has 0 bridgehead atoms. The molecule has 0 saturated carbocycles. The second kappa shape index (κ2) is 4.72. The van der Waals surface area contributed by atoms with E-state index in [1.54, 1.807) is 20.3 Å². The zero-order valence-corrected chi connectivity index (χ0v) is 9.11. The van der Waals surface area contributed by atoms with Gasteiger partial charge in [-0.2, -0.15) is 0 Å². The number of rotatable bonds is 3. The van der Waals surface area contributed by atoms with Crippen LogP contribution in [0.5, 0.6) is 0 Å². The van der Waals surface area contributed by atoms with Gasteiger partial charge in [0.25, 0.3) is 0 Å². The van der Waals surface area contributed by atoms with Crippen LogP contribution in [-0.4, -0.2) is 43.2 Å². The van der Waals surface area contributed by atoms with Crippen molar-refractivity contribution in [2.45, 2.75) is 13.3 Å². The standard InChI is InChI=1S/C10H14N2O3/c1-7(13)9-4-8(5-11-9)6-15-10(14)12(2)3/h5H,4,6H2,1-3H3. The third kappa shape index (κ3) is 3.19. The van der Waals surface area contributed by atoms with Crippen molar-refractivity contribution in [1.82, 2.24) is 4.90 Å². The highest BCUT2D eigenvalue weighted by Crippen LogP contribution is 2.12. The van der Waals surface area contributed by atoms with Crippen LogP contribution in [-0.2, 0) is 9.53 Å². The molecule has 82 valence electrons. The second-order valence-electron chi connectivity index (χ2n) is 3.55. The number of carbonyl (C=O) groups excluding carboxylic acids is 2. The number of hydrogen-bond donors (Lipinski definition) is 0. The number of ketones is 1. The Morgan fingerprint density at radius 1 is 1.53 bits per heavy atom. The predicted octanol–water partition coefficient (Wildman–Crippen LogP) is 1.00. The van der Waals surface area contributed by atoms with Crippen molar-refractivity contribution in [1.29, 1.82) is 0 Å². The molecule has 0 fully saturated rings. The van der Waals surface area contributed by atoms with Crippen molar-refractivity contribution in [2.75, 3.05) is 20.7 Å². The van der Waals surface area contributed by atoms with Crippen LogP contribution in [0.2, 0.25) is 0 Å². The Morgan fingerprint density at radius 3 is 2.67 bits per heavy atom. The summed E-state index contributed by atoms with van der Waals surface area (Å²) in [6.45, 7) is 1.67. The third-order valence-electron chi connectivity index (χ3n) is 1.95. The molecule has 0 saturated heterocycles. The summed E-state index contributed by atoms with van der Waals surface area (Å²) in [5, 5.41) is 0. The number of aliphatic imine (C=N–C) groups is 1. The molecule has 0 unspecified atom stereocenters. The van der Waals surface area contributed by atoms with Crippen LogP contribution < -0.4 is 0 Å². The molecular weight excluding hydrogens is 196 g/mol. The minimum Gasteiger partial charge on any atom is -0.445 e.